The minimum absolute atomic E-state index is 0.0198. The maximum absolute atomic E-state index is 13.5. The number of nitrogens with zero attached hydrogens (tertiary/aromatic N) is 1. The van der Waals surface area contributed by atoms with Crippen LogP contribution in [0.2, 0.25) is 0 Å². The van der Waals surface area contributed by atoms with E-state index in [9.17, 15) is 14.0 Å². The lowest BCUT2D eigenvalue weighted by Gasteiger charge is -2.13. The van der Waals surface area contributed by atoms with E-state index >= 15 is 0 Å². The van der Waals surface area contributed by atoms with Gasteiger partial charge < -0.3 is 5.11 Å². The summed E-state index contributed by atoms with van der Waals surface area (Å²) in [6.45, 7) is 0.267. The summed E-state index contributed by atoms with van der Waals surface area (Å²) in [6.07, 6.45) is 1.89. The molecule has 2 rings (SSSR count). The second-order valence-electron chi connectivity index (χ2n) is 4.50. The zero-order chi connectivity index (χ0) is 16.3. The number of halogens is 2. The van der Waals surface area contributed by atoms with Gasteiger partial charge in [-0.05, 0) is 46.1 Å². The minimum atomic E-state index is -0.911. The zero-order valence-electron chi connectivity index (χ0n) is 11.2. The summed E-state index contributed by atoms with van der Waals surface area (Å²) in [5, 5.41) is 8.62. The first-order chi connectivity index (χ1) is 10.4. The molecule has 0 aromatic heterocycles. The highest BCUT2D eigenvalue weighted by Crippen LogP contribution is 2.33. The summed E-state index contributed by atoms with van der Waals surface area (Å²) in [7, 11) is 0. The van der Waals surface area contributed by atoms with E-state index in [0.29, 0.717) is 25.7 Å². The van der Waals surface area contributed by atoms with E-state index in [4.69, 9.17) is 17.3 Å². The molecule has 0 atom stereocenters. The van der Waals surface area contributed by atoms with Crippen LogP contribution in [0.3, 0.4) is 0 Å². The first kappa shape index (κ1) is 17.1. The molecular weight excluding hydrogens is 393 g/mol. The second-order valence-corrected chi connectivity index (χ2v) is 7.03. The quantitative estimate of drug-likeness (QED) is 0.600. The molecule has 4 nitrogen and oxygen atoms in total. The van der Waals surface area contributed by atoms with Crippen LogP contribution in [0.5, 0.6) is 0 Å². The number of amides is 1. The summed E-state index contributed by atoms with van der Waals surface area (Å²) in [4.78, 5) is 24.5. The van der Waals surface area contributed by atoms with Gasteiger partial charge in [-0.2, -0.15) is 0 Å². The molecule has 0 aliphatic carbocycles. The van der Waals surface area contributed by atoms with Crippen molar-refractivity contribution >= 4 is 62.2 Å². The molecule has 0 saturated carbocycles. The van der Waals surface area contributed by atoms with Crippen molar-refractivity contribution in [2.45, 2.75) is 12.8 Å². The van der Waals surface area contributed by atoms with Gasteiger partial charge in [0.1, 0.15) is 10.1 Å². The third-order valence-electron chi connectivity index (χ3n) is 2.89. The fraction of sp³-hybridized carbons (Fsp3) is 0.214. The van der Waals surface area contributed by atoms with Crippen LogP contribution in [-0.2, 0) is 9.59 Å². The van der Waals surface area contributed by atoms with Crippen LogP contribution in [0.4, 0.5) is 4.39 Å². The van der Waals surface area contributed by atoms with E-state index in [1.165, 1.54) is 11.0 Å². The fourth-order valence-corrected chi connectivity index (χ4v) is 3.39. The number of rotatable bonds is 5. The van der Waals surface area contributed by atoms with Gasteiger partial charge in [0.25, 0.3) is 5.91 Å². The Hall–Kier alpha value is -1.25. The lowest BCUT2D eigenvalue weighted by atomic mass is 10.2. The molecule has 1 N–H and O–H groups in total. The number of benzene rings is 1. The Kier molecular flexibility index (Phi) is 5.71. The minimum Gasteiger partial charge on any atom is -0.481 e. The van der Waals surface area contributed by atoms with Gasteiger partial charge in [-0.15, -0.1) is 0 Å². The summed E-state index contributed by atoms with van der Waals surface area (Å²) in [6, 6.07) is 4.57. The maximum atomic E-state index is 13.5. The molecule has 1 aliphatic heterocycles. The number of carbonyl (C=O) groups excluding carboxylic acids is 1. The van der Waals surface area contributed by atoms with Crippen LogP contribution in [0.1, 0.15) is 18.4 Å². The third kappa shape index (κ3) is 4.15. The molecule has 1 aromatic carbocycles. The van der Waals surface area contributed by atoms with Crippen LogP contribution >= 0.6 is 39.9 Å². The third-order valence-corrected chi connectivity index (χ3v) is 4.91. The van der Waals surface area contributed by atoms with Gasteiger partial charge in [0.2, 0.25) is 0 Å². The van der Waals surface area contributed by atoms with Gasteiger partial charge in [0.15, 0.2) is 0 Å². The normalized spacial score (nSPS) is 16.6. The molecule has 22 heavy (non-hydrogen) atoms. The van der Waals surface area contributed by atoms with Gasteiger partial charge in [0, 0.05) is 13.0 Å². The Morgan fingerprint density at radius 2 is 2.23 bits per heavy atom. The van der Waals surface area contributed by atoms with E-state index in [1.54, 1.807) is 18.2 Å². The Morgan fingerprint density at radius 3 is 2.86 bits per heavy atom. The molecule has 8 heteroatoms. The first-order valence-corrected chi connectivity index (χ1v) is 8.32. The van der Waals surface area contributed by atoms with E-state index in [-0.39, 0.29) is 18.9 Å². The summed E-state index contributed by atoms with van der Waals surface area (Å²) in [5.74, 6) is -1.60. The number of carboxylic acid groups (broad SMARTS) is 1. The molecule has 0 unspecified atom stereocenters. The molecule has 1 saturated heterocycles. The molecule has 1 amide bonds. The standard InChI is InChI=1S/C14H11BrFNO3S2/c15-9-4-3-8(6-10(9)16)7-11-13(20)17(14(21)22-11)5-1-2-12(18)19/h3-4,6-7H,1-2,5H2,(H,18,19)/b11-7-. The molecule has 1 aliphatic rings. The van der Waals surface area contributed by atoms with E-state index in [0.717, 1.165) is 11.8 Å². The summed E-state index contributed by atoms with van der Waals surface area (Å²) in [5.41, 5.74) is 0.562. The fourth-order valence-electron chi connectivity index (χ4n) is 1.83. The number of carboxylic acids is 1. The highest BCUT2D eigenvalue weighted by Gasteiger charge is 2.31. The van der Waals surface area contributed by atoms with Crippen LogP contribution < -0.4 is 0 Å². The first-order valence-electron chi connectivity index (χ1n) is 6.30. The lowest BCUT2D eigenvalue weighted by Crippen LogP contribution is -2.29. The number of thioether (sulfide) groups is 1. The number of hydrogen-bond acceptors (Lipinski definition) is 4. The van der Waals surface area contributed by atoms with Gasteiger partial charge in [-0.1, -0.05) is 30.0 Å². The van der Waals surface area contributed by atoms with Crippen LogP contribution in [0.25, 0.3) is 6.08 Å². The van der Waals surface area contributed by atoms with E-state index in [2.05, 4.69) is 15.9 Å². The second kappa shape index (κ2) is 7.34. The van der Waals surface area contributed by atoms with Gasteiger partial charge in [0.05, 0.1) is 9.38 Å². The van der Waals surface area contributed by atoms with Crippen LogP contribution in [0.15, 0.2) is 27.6 Å². The molecular formula is C14H11BrFNO3S2. The SMILES string of the molecule is O=C(O)CCCN1C(=O)/C(=C/c2ccc(Br)c(F)c2)SC1=S. The molecule has 0 radical (unpaired) electrons. The van der Waals surface area contributed by atoms with E-state index < -0.39 is 11.8 Å². The van der Waals surface area contributed by atoms with Crippen LogP contribution in [-0.4, -0.2) is 32.7 Å². The van der Waals surface area contributed by atoms with Crippen molar-refractivity contribution in [3.63, 3.8) is 0 Å². The zero-order valence-corrected chi connectivity index (χ0v) is 14.4. The number of thiocarbonyl (C=S) groups is 1. The van der Waals surface area contributed by atoms with E-state index in [1.807, 2.05) is 0 Å². The lowest BCUT2D eigenvalue weighted by molar-refractivity contribution is -0.137. The van der Waals surface area contributed by atoms with Crippen molar-refractivity contribution in [2.24, 2.45) is 0 Å². The monoisotopic (exact) mass is 403 g/mol. The smallest absolute Gasteiger partial charge is 0.303 e. The number of hydrogen-bond donors (Lipinski definition) is 1. The van der Waals surface area contributed by atoms with Crippen molar-refractivity contribution in [3.05, 3.63) is 39.0 Å². The Bertz CT molecular complexity index is 678. The number of aliphatic carboxylic acids is 1. The Labute approximate surface area is 144 Å². The molecule has 0 bridgehead atoms. The maximum Gasteiger partial charge on any atom is 0.303 e. The van der Waals surface area contributed by atoms with Crippen molar-refractivity contribution in [3.8, 4) is 0 Å². The Balaban J connectivity index is 2.11. The largest absolute Gasteiger partial charge is 0.481 e. The molecule has 1 fully saturated rings. The predicted octanol–water partition coefficient (Wildman–Crippen LogP) is 3.65. The van der Waals surface area contributed by atoms with Gasteiger partial charge in [-0.25, -0.2) is 4.39 Å². The van der Waals surface area contributed by atoms with Gasteiger partial charge >= 0.3 is 5.97 Å². The summed E-state index contributed by atoms with van der Waals surface area (Å²) >= 11 is 9.34. The van der Waals surface area contributed by atoms with Crippen molar-refractivity contribution in [2.75, 3.05) is 6.54 Å². The highest BCUT2D eigenvalue weighted by molar-refractivity contribution is 9.10. The van der Waals surface area contributed by atoms with Gasteiger partial charge in [-0.3, -0.25) is 14.5 Å². The average molecular weight is 404 g/mol. The molecule has 0 spiro atoms. The highest BCUT2D eigenvalue weighted by atomic mass is 79.9. The topological polar surface area (TPSA) is 57.6 Å². The van der Waals surface area contributed by atoms with Crippen molar-refractivity contribution < 1.29 is 19.1 Å². The average Bonchev–Trinajstić information content (AvgIpc) is 2.70. The Morgan fingerprint density at radius 1 is 1.50 bits per heavy atom. The molecule has 116 valence electrons. The number of carbonyl (C=O) groups is 2. The molecule has 1 heterocycles. The van der Waals surface area contributed by atoms with Crippen molar-refractivity contribution in [1.29, 1.82) is 0 Å². The molecule has 1 aromatic rings. The summed E-state index contributed by atoms with van der Waals surface area (Å²) < 4.78 is 14.2. The van der Waals surface area contributed by atoms with Crippen LogP contribution in [0, 0.1) is 5.82 Å². The van der Waals surface area contributed by atoms with Crippen molar-refractivity contribution in [1.82, 2.24) is 4.90 Å². The predicted molar refractivity (Wildman–Crippen MR) is 90.8 cm³/mol.